The van der Waals surface area contributed by atoms with E-state index in [1.807, 2.05) is 30.3 Å². The Hall–Kier alpha value is -1.66. The Morgan fingerprint density at radius 3 is 2.67 bits per heavy atom. The maximum absolute atomic E-state index is 13.5. The second kappa shape index (κ2) is 6.41. The van der Waals surface area contributed by atoms with Crippen molar-refractivity contribution in [3.05, 3.63) is 64.4 Å². The summed E-state index contributed by atoms with van der Waals surface area (Å²) in [5.74, 6) is 0.991. The van der Waals surface area contributed by atoms with Crippen LogP contribution in [0.3, 0.4) is 0 Å². The number of rotatable bonds is 4. The van der Waals surface area contributed by atoms with Crippen LogP contribution in [0.1, 0.15) is 5.56 Å². The van der Waals surface area contributed by atoms with Gasteiger partial charge in [-0.25, -0.2) is 9.37 Å². The smallest absolute Gasteiger partial charge is 0.209 e. The lowest BCUT2D eigenvalue weighted by molar-refractivity contribution is 0.617. The molecule has 0 aliphatic heterocycles. The Morgan fingerprint density at radius 1 is 1.10 bits per heavy atom. The molecule has 0 radical (unpaired) electrons. The molecule has 1 N–H and O–H groups in total. The standard InChI is InChI=1S/C15H11BrFN3S/c16-12-7-3-2-6-11(12)14-18-15(20-19-14)21-9-10-5-1-4-8-13(10)17/h1-8H,9H2,(H,18,19,20). The molecule has 6 heteroatoms. The third-order valence-electron chi connectivity index (χ3n) is 2.91. The van der Waals surface area contributed by atoms with Gasteiger partial charge in [-0.3, -0.25) is 5.10 Å². The maximum atomic E-state index is 13.5. The molecule has 0 aliphatic carbocycles. The first-order chi connectivity index (χ1) is 10.2. The van der Waals surface area contributed by atoms with Crippen LogP contribution in [0.5, 0.6) is 0 Å². The van der Waals surface area contributed by atoms with Crippen LogP contribution in [-0.2, 0) is 5.75 Å². The van der Waals surface area contributed by atoms with Gasteiger partial charge in [-0.2, -0.15) is 0 Å². The summed E-state index contributed by atoms with van der Waals surface area (Å²) >= 11 is 4.88. The van der Waals surface area contributed by atoms with E-state index in [1.54, 1.807) is 12.1 Å². The average molecular weight is 364 g/mol. The number of hydrogen-bond acceptors (Lipinski definition) is 3. The van der Waals surface area contributed by atoms with Crippen LogP contribution in [0.2, 0.25) is 0 Å². The van der Waals surface area contributed by atoms with Gasteiger partial charge in [0.25, 0.3) is 0 Å². The summed E-state index contributed by atoms with van der Waals surface area (Å²) in [6.45, 7) is 0. The molecule has 0 unspecified atom stereocenters. The van der Waals surface area contributed by atoms with E-state index in [1.165, 1.54) is 17.8 Å². The van der Waals surface area contributed by atoms with Gasteiger partial charge in [-0.1, -0.05) is 64.1 Å². The number of benzene rings is 2. The lowest BCUT2D eigenvalue weighted by atomic mass is 10.2. The van der Waals surface area contributed by atoms with E-state index in [2.05, 4.69) is 31.1 Å². The lowest BCUT2D eigenvalue weighted by Crippen LogP contribution is -1.87. The van der Waals surface area contributed by atoms with Gasteiger partial charge in [0.05, 0.1) is 0 Å². The predicted octanol–water partition coefficient (Wildman–Crippen LogP) is 4.67. The fourth-order valence-corrected chi connectivity index (χ4v) is 3.10. The fourth-order valence-electron chi connectivity index (χ4n) is 1.84. The zero-order valence-corrected chi connectivity index (χ0v) is 13.3. The molecule has 3 nitrogen and oxygen atoms in total. The third-order valence-corrected chi connectivity index (χ3v) is 4.50. The molecule has 0 saturated carbocycles. The summed E-state index contributed by atoms with van der Waals surface area (Å²) < 4.78 is 14.5. The lowest BCUT2D eigenvalue weighted by Gasteiger charge is -2.00. The Labute approximate surface area is 134 Å². The first-order valence-corrected chi connectivity index (χ1v) is 8.05. The van der Waals surface area contributed by atoms with Crippen molar-refractivity contribution in [3.63, 3.8) is 0 Å². The van der Waals surface area contributed by atoms with Crippen molar-refractivity contribution in [1.29, 1.82) is 0 Å². The first-order valence-electron chi connectivity index (χ1n) is 6.27. The molecule has 0 aliphatic rings. The van der Waals surface area contributed by atoms with Crippen molar-refractivity contribution >= 4 is 27.7 Å². The quantitative estimate of drug-likeness (QED) is 0.685. The van der Waals surface area contributed by atoms with E-state index in [0.29, 0.717) is 22.3 Å². The van der Waals surface area contributed by atoms with E-state index in [9.17, 15) is 4.39 Å². The molecule has 3 rings (SSSR count). The highest BCUT2D eigenvalue weighted by atomic mass is 79.9. The molecular weight excluding hydrogens is 353 g/mol. The van der Waals surface area contributed by atoms with E-state index >= 15 is 0 Å². The molecule has 21 heavy (non-hydrogen) atoms. The zero-order chi connectivity index (χ0) is 14.7. The van der Waals surface area contributed by atoms with Crippen LogP contribution >= 0.6 is 27.7 Å². The van der Waals surface area contributed by atoms with Gasteiger partial charge in [-0.15, -0.1) is 5.10 Å². The largest absolute Gasteiger partial charge is 0.258 e. The van der Waals surface area contributed by atoms with E-state index in [-0.39, 0.29) is 5.82 Å². The second-order valence-corrected chi connectivity index (χ2v) is 6.12. The molecule has 106 valence electrons. The molecule has 0 saturated heterocycles. The minimum atomic E-state index is -0.202. The monoisotopic (exact) mass is 363 g/mol. The van der Waals surface area contributed by atoms with E-state index < -0.39 is 0 Å². The SMILES string of the molecule is Fc1ccccc1CSc1n[nH]c(-c2ccccc2Br)n1. The van der Waals surface area contributed by atoms with Crippen molar-refractivity contribution in [2.24, 2.45) is 0 Å². The first kappa shape index (κ1) is 14.3. The highest BCUT2D eigenvalue weighted by Crippen LogP contribution is 2.27. The minimum Gasteiger partial charge on any atom is -0.258 e. The topological polar surface area (TPSA) is 41.6 Å². The zero-order valence-electron chi connectivity index (χ0n) is 10.9. The molecule has 0 fully saturated rings. The van der Waals surface area contributed by atoms with Crippen molar-refractivity contribution in [2.75, 3.05) is 0 Å². The summed E-state index contributed by atoms with van der Waals surface area (Å²) in [4.78, 5) is 4.43. The Balaban J connectivity index is 1.74. The number of thioether (sulfide) groups is 1. The van der Waals surface area contributed by atoms with Crippen molar-refractivity contribution in [3.8, 4) is 11.4 Å². The summed E-state index contributed by atoms with van der Waals surface area (Å²) in [5, 5.41) is 7.67. The van der Waals surface area contributed by atoms with Gasteiger partial charge in [-0.05, 0) is 17.7 Å². The van der Waals surface area contributed by atoms with Crippen LogP contribution in [0.25, 0.3) is 11.4 Å². The van der Waals surface area contributed by atoms with Crippen LogP contribution in [0.4, 0.5) is 4.39 Å². The number of aromatic amines is 1. The molecular formula is C15H11BrFN3S. The van der Waals surface area contributed by atoms with Gasteiger partial charge in [0.1, 0.15) is 5.82 Å². The van der Waals surface area contributed by atoms with Crippen LogP contribution in [0.15, 0.2) is 58.2 Å². The summed E-state index contributed by atoms with van der Waals surface area (Å²) in [6.07, 6.45) is 0. The van der Waals surface area contributed by atoms with E-state index in [4.69, 9.17) is 0 Å². The third kappa shape index (κ3) is 3.33. The summed E-state index contributed by atoms with van der Waals surface area (Å²) in [5.41, 5.74) is 1.59. The van der Waals surface area contributed by atoms with Crippen LogP contribution < -0.4 is 0 Å². The van der Waals surface area contributed by atoms with Crippen molar-refractivity contribution < 1.29 is 4.39 Å². The molecule has 3 aromatic rings. The number of H-pyrrole nitrogens is 1. The van der Waals surface area contributed by atoms with Crippen molar-refractivity contribution in [1.82, 2.24) is 15.2 Å². The highest BCUT2D eigenvalue weighted by Gasteiger charge is 2.10. The fraction of sp³-hybridized carbons (Fsp3) is 0.0667. The molecule has 0 bridgehead atoms. The number of aromatic nitrogens is 3. The number of nitrogens with zero attached hydrogens (tertiary/aromatic N) is 2. The van der Waals surface area contributed by atoms with Crippen molar-refractivity contribution in [2.45, 2.75) is 10.9 Å². The average Bonchev–Trinajstić information content (AvgIpc) is 2.96. The summed E-state index contributed by atoms with van der Waals surface area (Å²) in [6, 6.07) is 14.5. The van der Waals surface area contributed by atoms with Gasteiger partial charge >= 0.3 is 0 Å². The van der Waals surface area contributed by atoms with Crippen LogP contribution in [0, 0.1) is 5.82 Å². The Kier molecular flexibility index (Phi) is 4.36. The van der Waals surface area contributed by atoms with Gasteiger partial charge in [0.15, 0.2) is 5.82 Å². The number of hydrogen-bond donors (Lipinski definition) is 1. The minimum absolute atomic E-state index is 0.202. The number of halogens is 2. The predicted molar refractivity (Wildman–Crippen MR) is 85.5 cm³/mol. The van der Waals surface area contributed by atoms with Gasteiger partial charge in [0, 0.05) is 15.8 Å². The molecule has 1 heterocycles. The van der Waals surface area contributed by atoms with Gasteiger partial charge in [0.2, 0.25) is 5.16 Å². The number of nitrogens with one attached hydrogen (secondary N) is 1. The molecule has 0 atom stereocenters. The van der Waals surface area contributed by atoms with E-state index in [0.717, 1.165) is 10.0 Å². The molecule has 2 aromatic carbocycles. The second-order valence-electron chi connectivity index (χ2n) is 4.33. The Bertz CT molecular complexity index is 760. The maximum Gasteiger partial charge on any atom is 0.209 e. The Morgan fingerprint density at radius 2 is 1.86 bits per heavy atom. The van der Waals surface area contributed by atoms with Crippen LogP contribution in [-0.4, -0.2) is 15.2 Å². The molecule has 0 spiro atoms. The van der Waals surface area contributed by atoms with Gasteiger partial charge < -0.3 is 0 Å². The highest BCUT2D eigenvalue weighted by molar-refractivity contribution is 9.10. The molecule has 1 aromatic heterocycles. The molecule has 0 amide bonds. The summed E-state index contributed by atoms with van der Waals surface area (Å²) in [7, 11) is 0. The normalized spacial score (nSPS) is 10.8.